The largest absolute Gasteiger partial charge is 0.494 e. The third-order valence-electron chi connectivity index (χ3n) is 2.20. The van der Waals surface area contributed by atoms with Gasteiger partial charge < -0.3 is 4.74 Å². The highest BCUT2D eigenvalue weighted by atomic mass is 16.5. The Hall–Kier alpha value is -1.77. The van der Waals surface area contributed by atoms with Gasteiger partial charge in [0.05, 0.1) is 12.8 Å². The van der Waals surface area contributed by atoms with Crippen molar-refractivity contribution in [1.82, 2.24) is 9.78 Å². The first-order chi connectivity index (χ1) is 7.29. The zero-order valence-corrected chi connectivity index (χ0v) is 8.97. The molecule has 3 heteroatoms. The van der Waals surface area contributed by atoms with Crippen LogP contribution in [0.4, 0.5) is 0 Å². The molecule has 78 valence electrons. The lowest BCUT2D eigenvalue weighted by Gasteiger charge is -2.03. The maximum atomic E-state index is 5.38. The molecule has 2 rings (SSSR count). The summed E-state index contributed by atoms with van der Waals surface area (Å²) in [5.41, 5.74) is 2.28. The van der Waals surface area contributed by atoms with E-state index in [1.54, 1.807) is 4.68 Å². The second-order valence-corrected chi connectivity index (χ2v) is 3.36. The summed E-state index contributed by atoms with van der Waals surface area (Å²) in [5, 5.41) is 4.14. The molecule has 0 bridgehead atoms. The number of aromatic nitrogens is 2. The van der Waals surface area contributed by atoms with Crippen LogP contribution in [0.3, 0.4) is 0 Å². The van der Waals surface area contributed by atoms with Crippen LogP contribution >= 0.6 is 0 Å². The highest BCUT2D eigenvalue weighted by Crippen LogP contribution is 2.21. The van der Waals surface area contributed by atoms with Crippen molar-refractivity contribution in [2.45, 2.75) is 6.92 Å². The van der Waals surface area contributed by atoms with Crippen LogP contribution in [0.25, 0.3) is 11.1 Å². The lowest BCUT2D eigenvalue weighted by molar-refractivity contribution is 0.340. The van der Waals surface area contributed by atoms with Crippen molar-refractivity contribution in [3.63, 3.8) is 0 Å². The fourth-order valence-electron chi connectivity index (χ4n) is 1.48. The van der Waals surface area contributed by atoms with E-state index in [1.165, 1.54) is 0 Å². The Morgan fingerprint density at radius 1 is 1.20 bits per heavy atom. The molecule has 0 unspecified atom stereocenters. The maximum Gasteiger partial charge on any atom is 0.119 e. The van der Waals surface area contributed by atoms with Gasteiger partial charge in [-0.3, -0.25) is 4.68 Å². The first kappa shape index (κ1) is 9.77. The van der Waals surface area contributed by atoms with E-state index in [4.69, 9.17) is 4.74 Å². The van der Waals surface area contributed by atoms with Gasteiger partial charge in [0.1, 0.15) is 5.75 Å². The van der Waals surface area contributed by atoms with Gasteiger partial charge in [-0.1, -0.05) is 12.1 Å². The van der Waals surface area contributed by atoms with E-state index in [1.807, 2.05) is 50.6 Å². The molecule has 0 atom stereocenters. The van der Waals surface area contributed by atoms with Gasteiger partial charge in [-0.05, 0) is 24.6 Å². The van der Waals surface area contributed by atoms with Crippen molar-refractivity contribution < 1.29 is 4.74 Å². The molecule has 0 aliphatic heterocycles. The Morgan fingerprint density at radius 3 is 2.47 bits per heavy atom. The molecule has 0 spiro atoms. The van der Waals surface area contributed by atoms with Gasteiger partial charge in [0.2, 0.25) is 0 Å². The molecular weight excluding hydrogens is 188 g/mol. The monoisotopic (exact) mass is 202 g/mol. The third kappa shape index (κ3) is 2.18. The predicted octanol–water partition coefficient (Wildman–Crippen LogP) is 2.49. The van der Waals surface area contributed by atoms with Crippen LogP contribution in [0.15, 0.2) is 36.7 Å². The van der Waals surface area contributed by atoms with Gasteiger partial charge in [-0.2, -0.15) is 5.10 Å². The van der Waals surface area contributed by atoms with E-state index in [-0.39, 0.29) is 0 Å². The fourth-order valence-corrected chi connectivity index (χ4v) is 1.48. The normalized spacial score (nSPS) is 10.3. The predicted molar refractivity (Wildman–Crippen MR) is 59.8 cm³/mol. The molecule has 1 aromatic carbocycles. The van der Waals surface area contributed by atoms with Gasteiger partial charge in [0, 0.05) is 18.8 Å². The van der Waals surface area contributed by atoms with Gasteiger partial charge in [-0.15, -0.1) is 0 Å². The van der Waals surface area contributed by atoms with Crippen molar-refractivity contribution in [2.75, 3.05) is 6.61 Å². The molecule has 0 radical (unpaired) electrons. The lowest BCUT2D eigenvalue weighted by atomic mass is 10.1. The summed E-state index contributed by atoms with van der Waals surface area (Å²) in [7, 11) is 1.91. The van der Waals surface area contributed by atoms with Crippen molar-refractivity contribution in [2.24, 2.45) is 7.05 Å². The van der Waals surface area contributed by atoms with E-state index in [0.29, 0.717) is 6.61 Å². The maximum absolute atomic E-state index is 5.38. The molecule has 2 aromatic rings. The number of hydrogen-bond acceptors (Lipinski definition) is 2. The van der Waals surface area contributed by atoms with Crippen LogP contribution in [0.1, 0.15) is 6.92 Å². The van der Waals surface area contributed by atoms with E-state index < -0.39 is 0 Å². The summed E-state index contributed by atoms with van der Waals surface area (Å²) < 4.78 is 7.18. The summed E-state index contributed by atoms with van der Waals surface area (Å²) in [4.78, 5) is 0. The van der Waals surface area contributed by atoms with Gasteiger partial charge in [0.15, 0.2) is 0 Å². The van der Waals surface area contributed by atoms with Crippen LogP contribution in [0, 0.1) is 0 Å². The number of nitrogens with zero attached hydrogens (tertiary/aromatic N) is 2. The van der Waals surface area contributed by atoms with Crippen molar-refractivity contribution in [1.29, 1.82) is 0 Å². The Kier molecular flexibility index (Phi) is 2.72. The Bertz CT molecular complexity index is 431. The van der Waals surface area contributed by atoms with Crippen LogP contribution in [-0.2, 0) is 7.05 Å². The second kappa shape index (κ2) is 4.17. The molecule has 3 nitrogen and oxygen atoms in total. The quantitative estimate of drug-likeness (QED) is 0.764. The third-order valence-corrected chi connectivity index (χ3v) is 2.20. The number of ether oxygens (including phenoxy) is 1. The summed E-state index contributed by atoms with van der Waals surface area (Å²) in [6, 6.07) is 8.04. The van der Waals surface area contributed by atoms with Gasteiger partial charge >= 0.3 is 0 Å². The lowest BCUT2D eigenvalue weighted by Crippen LogP contribution is -1.90. The Morgan fingerprint density at radius 2 is 1.93 bits per heavy atom. The molecule has 1 heterocycles. The summed E-state index contributed by atoms with van der Waals surface area (Å²) in [5.74, 6) is 0.908. The zero-order valence-electron chi connectivity index (χ0n) is 8.97. The number of aryl methyl sites for hydroxylation is 1. The zero-order chi connectivity index (χ0) is 10.7. The van der Waals surface area contributed by atoms with E-state index in [9.17, 15) is 0 Å². The molecule has 15 heavy (non-hydrogen) atoms. The number of benzene rings is 1. The first-order valence-corrected chi connectivity index (χ1v) is 5.01. The minimum absolute atomic E-state index is 0.701. The van der Waals surface area contributed by atoms with E-state index in [2.05, 4.69) is 5.10 Å². The smallest absolute Gasteiger partial charge is 0.119 e. The molecule has 0 aliphatic carbocycles. The molecular formula is C12H14N2O. The van der Waals surface area contributed by atoms with Crippen molar-refractivity contribution in [3.05, 3.63) is 36.7 Å². The van der Waals surface area contributed by atoms with Crippen molar-refractivity contribution in [3.8, 4) is 16.9 Å². The average molecular weight is 202 g/mol. The van der Waals surface area contributed by atoms with Gasteiger partial charge in [-0.25, -0.2) is 0 Å². The molecule has 0 aliphatic rings. The molecule has 0 saturated carbocycles. The minimum Gasteiger partial charge on any atom is -0.494 e. The van der Waals surface area contributed by atoms with Crippen LogP contribution in [0.2, 0.25) is 0 Å². The molecule has 0 amide bonds. The molecule has 0 fully saturated rings. The Labute approximate surface area is 89.3 Å². The second-order valence-electron chi connectivity index (χ2n) is 3.36. The topological polar surface area (TPSA) is 27.1 Å². The van der Waals surface area contributed by atoms with E-state index >= 15 is 0 Å². The summed E-state index contributed by atoms with van der Waals surface area (Å²) in [6.45, 7) is 2.68. The van der Waals surface area contributed by atoms with Crippen molar-refractivity contribution >= 4 is 0 Å². The standard InChI is InChI=1S/C12H14N2O/c1-3-15-12-6-4-10(5-7-12)11-8-13-14(2)9-11/h4-9H,3H2,1-2H3. The Balaban J connectivity index is 2.23. The van der Waals surface area contributed by atoms with E-state index in [0.717, 1.165) is 16.9 Å². The van der Waals surface area contributed by atoms with Gasteiger partial charge in [0.25, 0.3) is 0 Å². The van der Waals surface area contributed by atoms with Crippen LogP contribution in [0.5, 0.6) is 5.75 Å². The SMILES string of the molecule is CCOc1ccc(-c2cnn(C)c2)cc1. The fraction of sp³-hybridized carbons (Fsp3) is 0.250. The highest BCUT2D eigenvalue weighted by Gasteiger charge is 2.00. The molecule has 0 N–H and O–H groups in total. The molecule has 1 aromatic heterocycles. The summed E-state index contributed by atoms with van der Waals surface area (Å²) >= 11 is 0. The highest BCUT2D eigenvalue weighted by molar-refractivity contribution is 5.62. The number of rotatable bonds is 3. The average Bonchev–Trinajstić information content (AvgIpc) is 2.67. The number of hydrogen-bond donors (Lipinski definition) is 0. The first-order valence-electron chi connectivity index (χ1n) is 5.01. The summed E-state index contributed by atoms with van der Waals surface area (Å²) in [6.07, 6.45) is 3.85. The van der Waals surface area contributed by atoms with Crippen LogP contribution < -0.4 is 4.74 Å². The molecule has 0 saturated heterocycles. The van der Waals surface area contributed by atoms with Crippen LogP contribution in [-0.4, -0.2) is 16.4 Å². The minimum atomic E-state index is 0.701.